The standard InChI is InChI=1S/C58H57N6O8/c65-47-19-21-49(57(69)55(47)67)71-33-31-63-27-23-37(24-28-63)53-43-15-13-41(60-43)51(35-7-3-1-4-8-35)39-11-12-40(59-39)52(36-9-5-2-6-10-36)42-14-16-44(61-42)54(46-18-17-45(53)62-46)38-25-29-64(30-26-38)32-34-72-50-22-20-48(66)56(68)58(50)70/h1-18,23-30,47-50,55-58,65-70H,19-22,31-34H2,(H,59,60,61,62)/q+1/p+1/t47-,48-,49-,50-,55+,56+,57+,58+/m0/s1. The number of aromatic amines is 2. The second-order valence-corrected chi connectivity index (χ2v) is 19.0. The average Bonchev–Trinajstić information content (AvgIpc) is 4.27. The molecule has 2 aromatic carbocycles. The molecule has 0 spiro atoms. The van der Waals surface area contributed by atoms with Crippen LogP contribution in [0.15, 0.2) is 134 Å². The quantitative estimate of drug-likeness (QED) is 0.0631. The molecule has 7 aromatic rings. The topological polar surface area (TPSA) is 205 Å². The van der Waals surface area contributed by atoms with E-state index in [0.29, 0.717) is 52.0 Å². The number of aromatic nitrogens is 6. The number of aliphatic hydroxyl groups is 6. The van der Waals surface area contributed by atoms with Gasteiger partial charge >= 0.3 is 0 Å². The fourth-order valence-electron chi connectivity index (χ4n) is 10.4. The van der Waals surface area contributed by atoms with Crippen LogP contribution in [0.1, 0.15) is 48.5 Å². The van der Waals surface area contributed by atoms with Crippen molar-refractivity contribution in [2.45, 2.75) is 87.6 Å². The van der Waals surface area contributed by atoms with Gasteiger partial charge in [-0.15, -0.1) is 0 Å². The van der Waals surface area contributed by atoms with E-state index in [0.717, 1.165) is 89.4 Å². The lowest BCUT2D eigenvalue weighted by Crippen LogP contribution is -2.50. The monoisotopic (exact) mass is 966 g/mol. The Morgan fingerprint density at radius 3 is 1.06 bits per heavy atom. The molecule has 5 aromatic heterocycles. The summed E-state index contributed by atoms with van der Waals surface area (Å²) in [5, 5.41) is 61.4. The van der Waals surface area contributed by atoms with Crippen LogP contribution in [-0.4, -0.2) is 113 Å². The van der Waals surface area contributed by atoms with E-state index in [4.69, 9.17) is 19.4 Å². The molecular weight excluding hydrogens is 909 g/mol. The summed E-state index contributed by atoms with van der Waals surface area (Å²) in [6.45, 7) is 1.64. The zero-order chi connectivity index (χ0) is 49.3. The molecule has 14 nitrogen and oxygen atoms in total. The van der Waals surface area contributed by atoms with Crippen LogP contribution in [0.5, 0.6) is 0 Å². The molecule has 7 heterocycles. The summed E-state index contributed by atoms with van der Waals surface area (Å²) >= 11 is 0. The van der Waals surface area contributed by atoms with E-state index in [1.54, 1.807) is 0 Å². The van der Waals surface area contributed by atoms with Gasteiger partial charge in [0.2, 0.25) is 0 Å². The molecule has 14 heteroatoms. The number of nitrogens with one attached hydrogen (secondary N) is 2. The Morgan fingerprint density at radius 1 is 0.403 bits per heavy atom. The minimum Gasteiger partial charge on any atom is -0.390 e. The van der Waals surface area contributed by atoms with Gasteiger partial charge in [0, 0.05) is 68.6 Å². The number of hydrogen-bond donors (Lipinski definition) is 8. The maximum atomic E-state index is 10.5. The van der Waals surface area contributed by atoms with Gasteiger partial charge in [-0.1, -0.05) is 60.7 Å². The van der Waals surface area contributed by atoms with Crippen LogP contribution in [0.4, 0.5) is 0 Å². The summed E-state index contributed by atoms with van der Waals surface area (Å²) in [5.41, 5.74) is 14.3. The Labute approximate surface area is 416 Å². The predicted molar refractivity (Wildman–Crippen MR) is 275 cm³/mol. The lowest BCUT2D eigenvalue weighted by atomic mass is 9.89. The Kier molecular flexibility index (Phi) is 13.6. The van der Waals surface area contributed by atoms with Crippen molar-refractivity contribution in [3.8, 4) is 44.5 Å². The first kappa shape index (κ1) is 47.4. The molecule has 0 amide bonds. The number of rotatable bonds is 12. The van der Waals surface area contributed by atoms with Crippen molar-refractivity contribution < 1.29 is 49.2 Å². The van der Waals surface area contributed by atoms with E-state index < -0.39 is 48.8 Å². The first-order chi connectivity index (χ1) is 35.2. The number of hydrogen-bond acceptors (Lipinski definition) is 10. The molecule has 2 aliphatic heterocycles. The van der Waals surface area contributed by atoms with Gasteiger partial charge in [-0.25, -0.2) is 19.1 Å². The number of pyridine rings is 2. The van der Waals surface area contributed by atoms with Crippen molar-refractivity contribution in [2.75, 3.05) is 13.2 Å². The van der Waals surface area contributed by atoms with E-state index in [1.165, 1.54) is 0 Å². The van der Waals surface area contributed by atoms with Crippen LogP contribution in [0.3, 0.4) is 0 Å². The van der Waals surface area contributed by atoms with E-state index in [-0.39, 0.29) is 0 Å². The minimum absolute atomic E-state index is 0.312. The molecule has 4 aliphatic rings. The molecule has 0 unspecified atom stereocenters. The van der Waals surface area contributed by atoms with E-state index in [2.05, 4.69) is 107 Å². The van der Waals surface area contributed by atoms with Crippen LogP contribution < -0.4 is 9.13 Å². The van der Waals surface area contributed by atoms with Crippen molar-refractivity contribution in [3.63, 3.8) is 0 Å². The summed E-state index contributed by atoms with van der Waals surface area (Å²) in [6, 6.07) is 37.3. The number of nitrogens with zero attached hydrogens (tertiary/aromatic N) is 4. The van der Waals surface area contributed by atoms with Crippen molar-refractivity contribution in [1.29, 1.82) is 0 Å². The highest BCUT2D eigenvalue weighted by Gasteiger charge is 2.38. The Balaban J connectivity index is 1.04. The van der Waals surface area contributed by atoms with Crippen LogP contribution in [0, 0.1) is 0 Å². The number of ether oxygens (including phenoxy) is 2. The second-order valence-electron chi connectivity index (χ2n) is 19.0. The molecule has 2 saturated carbocycles. The molecule has 72 heavy (non-hydrogen) atoms. The first-order valence-corrected chi connectivity index (χ1v) is 24.7. The molecule has 8 atom stereocenters. The van der Waals surface area contributed by atoms with E-state index >= 15 is 0 Å². The summed E-state index contributed by atoms with van der Waals surface area (Å²) in [7, 11) is 0. The highest BCUT2D eigenvalue weighted by molar-refractivity contribution is 5.99. The summed E-state index contributed by atoms with van der Waals surface area (Å²) in [6.07, 6.45) is 10.2. The fraction of sp³-hybridized carbons (Fsp3) is 0.276. The van der Waals surface area contributed by atoms with Crippen LogP contribution in [-0.2, 0) is 22.6 Å². The number of fused-ring (bicyclic) bond motifs is 8. The molecule has 0 saturated heterocycles. The summed E-state index contributed by atoms with van der Waals surface area (Å²) in [5.74, 6) is 0. The zero-order valence-corrected chi connectivity index (χ0v) is 39.6. The maximum Gasteiger partial charge on any atom is 0.171 e. The SMILES string of the molecule is O[C@H]1[C@H](O)[C@@H](O)CC[C@@H]1OCC[n+]1ccc(-c2c3nc(c(-c4cc[n+](CCO[C@H]5CC[C@H](O)[C@@H](O)[C@@H]5O)cc4)c4ccc([nH]4)c(-c4ccccc4)c4nc(c(-c5ccccc5)c5ccc2[nH]5)C=C4)C=C3)cc1. The number of aliphatic hydroxyl groups excluding tert-OH is 6. The highest BCUT2D eigenvalue weighted by Crippen LogP contribution is 2.38. The van der Waals surface area contributed by atoms with Gasteiger partial charge in [0.1, 0.15) is 37.6 Å². The van der Waals surface area contributed by atoms with Crippen LogP contribution >= 0.6 is 0 Å². The lowest BCUT2D eigenvalue weighted by molar-refractivity contribution is -0.698. The molecule has 8 bridgehead atoms. The first-order valence-electron chi connectivity index (χ1n) is 24.7. The fourth-order valence-corrected chi connectivity index (χ4v) is 10.4. The van der Waals surface area contributed by atoms with Gasteiger partial charge in [0.15, 0.2) is 37.9 Å². The van der Waals surface area contributed by atoms with Gasteiger partial charge in [0.25, 0.3) is 0 Å². The van der Waals surface area contributed by atoms with Crippen LogP contribution in [0.25, 0.3) is 90.9 Å². The molecule has 8 N–H and O–H groups in total. The number of H-pyrrole nitrogens is 2. The van der Waals surface area contributed by atoms with Gasteiger partial charge in [-0.05, 0) is 96.5 Å². The Morgan fingerprint density at radius 2 is 0.722 bits per heavy atom. The highest BCUT2D eigenvalue weighted by atomic mass is 16.5. The summed E-state index contributed by atoms with van der Waals surface area (Å²) in [4.78, 5) is 18.5. The van der Waals surface area contributed by atoms with Gasteiger partial charge in [0.05, 0.1) is 47.2 Å². The van der Waals surface area contributed by atoms with Gasteiger partial charge in [-0.2, -0.15) is 0 Å². The van der Waals surface area contributed by atoms with Gasteiger partial charge in [-0.3, -0.25) is 0 Å². The van der Waals surface area contributed by atoms with Crippen molar-refractivity contribution in [1.82, 2.24) is 19.9 Å². The Hall–Kier alpha value is -6.98. The normalized spacial score (nSPS) is 22.9. The minimum atomic E-state index is -1.23. The molecule has 366 valence electrons. The van der Waals surface area contributed by atoms with Crippen LogP contribution in [0.2, 0.25) is 0 Å². The third-order valence-corrected chi connectivity index (χ3v) is 14.3. The second kappa shape index (κ2) is 20.6. The Bertz CT molecular complexity index is 3070. The molecule has 11 rings (SSSR count). The van der Waals surface area contributed by atoms with Gasteiger partial charge < -0.3 is 50.1 Å². The van der Waals surface area contributed by atoms with E-state index in [1.807, 2.05) is 70.3 Å². The van der Waals surface area contributed by atoms with Crippen molar-refractivity contribution in [2.24, 2.45) is 0 Å². The summed E-state index contributed by atoms with van der Waals surface area (Å²) < 4.78 is 16.0. The predicted octanol–water partition coefficient (Wildman–Crippen LogP) is 6.42. The molecule has 2 aliphatic carbocycles. The lowest BCUT2D eigenvalue weighted by Gasteiger charge is -2.34. The largest absolute Gasteiger partial charge is 0.390 e. The van der Waals surface area contributed by atoms with E-state index in [9.17, 15) is 30.6 Å². The third-order valence-electron chi connectivity index (χ3n) is 14.3. The van der Waals surface area contributed by atoms with Crippen molar-refractivity contribution >= 4 is 46.4 Å². The smallest absolute Gasteiger partial charge is 0.171 e. The maximum absolute atomic E-state index is 10.5. The number of benzene rings is 2. The zero-order valence-electron chi connectivity index (χ0n) is 39.6. The average molecular weight is 967 g/mol. The molecule has 0 radical (unpaired) electrons. The van der Waals surface area contributed by atoms with Crippen molar-refractivity contribution in [3.05, 3.63) is 157 Å². The molecule has 2 fully saturated rings. The molecular formula is C58H58N6O8+2. The third kappa shape index (κ3) is 9.59.